The Labute approximate surface area is 148 Å². The standard InChI is InChI=1S/C19H25N3O3/c1-12(2)18-20-15-11-22(9-8-16(15)21(18)3)19(23)14-7-6-13(24-4)10-17(14)25-5/h6-7,10,12H,8-9,11H2,1-5H3. The van der Waals surface area contributed by atoms with Crippen molar-refractivity contribution in [2.45, 2.75) is 32.7 Å². The van der Waals surface area contributed by atoms with E-state index in [1.165, 1.54) is 5.69 Å². The molecule has 6 heteroatoms. The van der Waals surface area contributed by atoms with Crippen LogP contribution in [0, 0.1) is 0 Å². The Hall–Kier alpha value is -2.50. The van der Waals surface area contributed by atoms with E-state index in [0.29, 0.717) is 36.1 Å². The van der Waals surface area contributed by atoms with Crippen LogP contribution >= 0.6 is 0 Å². The van der Waals surface area contributed by atoms with Crippen molar-refractivity contribution >= 4 is 5.91 Å². The monoisotopic (exact) mass is 343 g/mol. The van der Waals surface area contributed by atoms with Crippen molar-refractivity contribution < 1.29 is 14.3 Å². The van der Waals surface area contributed by atoms with Crippen LogP contribution in [0.4, 0.5) is 0 Å². The Morgan fingerprint density at radius 1 is 1.24 bits per heavy atom. The highest BCUT2D eigenvalue weighted by Crippen LogP contribution is 2.28. The summed E-state index contributed by atoms with van der Waals surface area (Å²) in [4.78, 5) is 19.6. The van der Waals surface area contributed by atoms with Gasteiger partial charge in [0.15, 0.2) is 0 Å². The van der Waals surface area contributed by atoms with Crippen LogP contribution < -0.4 is 9.47 Å². The Morgan fingerprint density at radius 3 is 2.64 bits per heavy atom. The van der Waals surface area contributed by atoms with Gasteiger partial charge in [0.2, 0.25) is 0 Å². The number of amides is 1. The zero-order valence-electron chi connectivity index (χ0n) is 15.5. The third kappa shape index (κ3) is 3.08. The molecule has 3 rings (SSSR count). The van der Waals surface area contributed by atoms with Gasteiger partial charge in [-0.3, -0.25) is 4.79 Å². The lowest BCUT2D eigenvalue weighted by Crippen LogP contribution is -2.36. The highest BCUT2D eigenvalue weighted by molar-refractivity contribution is 5.97. The summed E-state index contributed by atoms with van der Waals surface area (Å²) in [7, 11) is 5.22. The van der Waals surface area contributed by atoms with Crippen LogP contribution in [0.5, 0.6) is 11.5 Å². The summed E-state index contributed by atoms with van der Waals surface area (Å²) in [5.41, 5.74) is 2.78. The van der Waals surface area contributed by atoms with Crippen molar-refractivity contribution in [3.63, 3.8) is 0 Å². The zero-order valence-corrected chi connectivity index (χ0v) is 15.5. The average molecular weight is 343 g/mol. The summed E-state index contributed by atoms with van der Waals surface area (Å²) in [6, 6.07) is 5.27. The maximum absolute atomic E-state index is 13.0. The topological polar surface area (TPSA) is 56.6 Å². The number of nitrogens with zero attached hydrogens (tertiary/aromatic N) is 3. The number of imidazole rings is 1. The van der Waals surface area contributed by atoms with Crippen molar-refractivity contribution in [1.82, 2.24) is 14.5 Å². The Bertz CT molecular complexity index is 795. The molecule has 134 valence electrons. The van der Waals surface area contributed by atoms with E-state index in [0.717, 1.165) is 17.9 Å². The molecule has 1 aliphatic rings. The Balaban J connectivity index is 1.87. The Morgan fingerprint density at radius 2 is 2.00 bits per heavy atom. The third-order valence-electron chi connectivity index (χ3n) is 4.73. The van der Waals surface area contributed by atoms with E-state index >= 15 is 0 Å². The molecule has 2 aromatic rings. The molecule has 0 N–H and O–H groups in total. The lowest BCUT2D eigenvalue weighted by atomic mass is 10.1. The molecule has 1 aromatic carbocycles. The highest BCUT2D eigenvalue weighted by Gasteiger charge is 2.28. The average Bonchev–Trinajstić information content (AvgIpc) is 2.97. The van der Waals surface area contributed by atoms with Crippen molar-refractivity contribution in [3.8, 4) is 11.5 Å². The minimum absolute atomic E-state index is 0.0399. The molecule has 0 radical (unpaired) electrons. The van der Waals surface area contributed by atoms with Crippen molar-refractivity contribution in [3.05, 3.63) is 41.0 Å². The summed E-state index contributed by atoms with van der Waals surface area (Å²) in [6.07, 6.45) is 0.815. The lowest BCUT2D eigenvalue weighted by Gasteiger charge is -2.27. The van der Waals surface area contributed by atoms with Crippen molar-refractivity contribution in [2.24, 2.45) is 7.05 Å². The second kappa shape index (κ2) is 6.78. The third-order valence-corrected chi connectivity index (χ3v) is 4.73. The van der Waals surface area contributed by atoms with Crippen LogP contribution in [0.25, 0.3) is 0 Å². The highest BCUT2D eigenvalue weighted by atomic mass is 16.5. The number of hydrogen-bond acceptors (Lipinski definition) is 4. The molecular formula is C19H25N3O3. The first kappa shape index (κ1) is 17.3. The molecule has 0 spiro atoms. The zero-order chi connectivity index (χ0) is 18.1. The van der Waals surface area contributed by atoms with Gasteiger partial charge in [0.1, 0.15) is 17.3 Å². The van der Waals surface area contributed by atoms with Crippen LogP contribution in [0.2, 0.25) is 0 Å². The van der Waals surface area contributed by atoms with Gasteiger partial charge in [0, 0.05) is 37.7 Å². The van der Waals surface area contributed by atoms with Crippen molar-refractivity contribution in [1.29, 1.82) is 0 Å². The summed E-state index contributed by atoms with van der Waals surface area (Å²) >= 11 is 0. The number of methoxy groups -OCH3 is 2. The van der Waals surface area contributed by atoms with Crippen LogP contribution in [0.3, 0.4) is 0 Å². The van der Waals surface area contributed by atoms with Gasteiger partial charge in [-0.2, -0.15) is 0 Å². The van der Waals surface area contributed by atoms with Gasteiger partial charge in [-0.25, -0.2) is 4.98 Å². The van der Waals surface area contributed by atoms with Crippen LogP contribution in [-0.2, 0) is 20.0 Å². The molecule has 0 bridgehead atoms. The van der Waals surface area contributed by atoms with Gasteiger partial charge >= 0.3 is 0 Å². The first-order valence-corrected chi connectivity index (χ1v) is 8.52. The predicted molar refractivity (Wildman–Crippen MR) is 95.3 cm³/mol. The van der Waals surface area contributed by atoms with E-state index in [-0.39, 0.29) is 5.91 Å². The molecule has 1 amide bonds. The number of fused-ring (bicyclic) bond motifs is 1. The van der Waals surface area contributed by atoms with Gasteiger partial charge in [-0.1, -0.05) is 13.8 Å². The number of carbonyl (C=O) groups is 1. The first-order valence-electron chi connectivity index (χ1n) is 8.52. The number of carbonyl (C=O) groups excluding carboxylic acids is 1. The lowest BCUT2D eigenvalue weighted by molar-refractivity contribution is 0.0727. The van der Waals surface area contributed by atoms with Gasteiger partial charge in [0.05, 0.1) is 32.0 Å². The fourth-order valence-electron chi connectivity index (χ4n) is 3.38. The van der Waals surface area contributed by atoms with E-state index in [2.05, 4.69) is 25.5 Å². The van der Waals surface area contributed by atoms with E-state index in [4.69, 9.17) is 14.5 Å². The normalized spacial score (nSPS) is 13.8. The number of ether oxygens (including phenoxy) is 2. The number of benzene rings is 1. The molecule has 0 atom stereocenters. The van der Waals surface area contributed by atoms with Gasteiger partial charge < -0.3 is 18.9 Å². The maximum Gasteiger partial charge on any atom is 0.257 e. The van der Waals surface area contributed by atoms with Crippen LogP contribution in [-0.4, -0.2) is 41.1 Å². The molecule has 0 fully saturated rings. The molecule has 1 aromatic heterocycles. The summed E-state index contributed by atoms with van der Waals surface area (Å²) in [5.74, 6) is 2.59. The van der Waals surface area contributed by atoms with E-state index in [1.807, 2.05) is 4.90 Å². The van der Waals surface area contributed by atoms with Crippen LogP contribution in [0.1, 0.15) is 47.3 Å². The molecule has 6 nitrogen and oxygen atoms in total. The number of aromatic nitrogens is 2. The second-order valence-electron chi connectivity index (χ2n) is 6.62. The van der Waals surface area contributed by atoms with E-state index in [1.54, 1.807) is 32.4 Å². The number of hydrogen-bond donors (Lipinski definition) is 0. The SMILES string of the molecule is COc1ccc(C(=O)N2CCc3c(nc(C(C)C)n3C)C2)c(OC)c1. The first-order chi connectivity index (χ1) is 12.0. The molecule has 0 unspecified atom stereocenters. The van der Waals surface area contributed by atoms with Crippen molar-refractivity contribution in [2.75, 3.05) is 20.8 Å². The molecule has 2 heterocycles. The second-order valence-corrected chi connectivity index (χ2v) is 6.62. The maximum atomic E-state index is 13.0. The minimum atomic E-state index is -0.0399. The van der Waals surface area contributed by atoms with E-state index in [9.17, 15) is 4.79 Å². The molecule has 0 saturated heterocycles. The number of rotatable bonds is 4. The largest absolute Gasteiger partial charge is 0.497 e. The van der Waals surface area contributed by atoms with E-state index < -0.39 is 0 Å². The predicted octanol–water partition coefficient (Wildman–Crippen LogP) is 2.76. The molecule has 25 heavy (non-hydrogen) atoms. The fourth-order valence-corrected chi connectivity index (χ4v) is 3.38. The van der Waals surface area contributed by atoms with Crippen LogP contribution in [0.15, 0.2) is 18.2 Å². The quantitative estimate of drug-likeness (QED) is 0.856. The molecular weight excluding hydrogens is 318 g/mol. The Kier molecular flexibility index (Phi) is 4.70. The van der Waals surface area contributed by atoms with Gasteiger partial charge in [-0.15, -0.1) is 0 Å². The fraction of sp³-hybridized carbons (Fsp3) is 0.474. The molecule has 0 saturated carbocycles. The minimum Gasteiger partial charge on any atom is -0.497 e. The smallest absolute Gasteiger partial charge is 0.257 e. The van der Waals surface area contributed by atoms with Gasteiger partial charge in [-0.05, 0) is 12.1 Å². The summed E-state index contributed by atoms with van der Waals surface area (Å²) in [5, 5.41) is 0. The summed E-state index contributed by atoms with van der Waals surface area (Å²) in [6.45, 7) is 5.49. The molecule has 1 aliphatic heterocycles. The van der Waals surface area contributed by atoms with Gasteiger partial charge in [0.25, 0.3) is 5.91 Å². The summed E-state index contributed by atoms with van der Waals surface area (Å²) < 4.78 is 12.8. The molecule has 0 aliphatic carbocycles.